The van der Waals surface area contributed by atoms with Crippen LogP contribution in [-0.2, 0) is 5.75 Å². The molecule has 2 heteroatoms. The molecule has 0 unspecified atom stereocenters. The molecule has 0 fully saturated rings. The standard InChI is InChI=1S/C13H11FS/c14-12-6-8-13(9-7-12)15-10-11-4-2-1-3-5-11/h1-9H,10H2. The molecule has 0 aliphatic carbocycles. The van der Waals surface area contributed by atoms with Crippen LogP contribution in [0.4, 0.5) is 4.39 Å². The lowest BCUT2D eigenvalue weighted by atomic mass is 10.2. The van der Waals surface area contributed by atoms with Crippen LogP contribution >= 0.6 is 11.8 Å². The van der Waals surface area contributed by atoms with Crippen LogP contribution in [0.1, 0.15) is 5.56 Å². The van der Waals surface area contributed by atoms with E-state index in [1.165, 1.54) is 17.7 Å². The number of thioether (sulfide) groups is 1. The summed E-state index contributed by atoms with van der Waals surface area (Å²) in [5.74, 6) is 0.742. The maximum absolute atomic E-state index is 12.6. The number of hydrogen-bond donors (Lipinski definition) is 0. The highest BCUT2D eigenvalue weighted by molar-refractivity contribution is 7.98. The highest BCUT2D eigenvalue weighted by atomic mass is 32.2. The van der Waals surface area contributed by atoms with Gasteiger partial charge in [0.1, 0.15) is 5.82 Å². The van der Waals surface area contributed by atoms with Crippen LogP contribution in [0.3, 0.4) is 0 Å². The predicted molar refractivity (Wildman–Crippen MR) is 62.4 cm³/mol. The van der Waals surface area contributed by atoms with Crippen molar-refractivity contribution < 1.29 is 4.39 Å². The monoisotopic (exact) mass is 218 g/mol. The summed E-state index contributed by atoms with van der Waals surface area (Å²) < 4.78 is 12.6. The quantitative estimate of drug-likeness (QED) is 0.698. The van der Waals surface area contributed by atoms with Gasteiger partial charge < -0.3 is 0 Å². The summed E-state index contributed by atoms with van der Waals surface area (Å²) in [6, 6.07) is 16.9. The summed E-state index contributed by atoms with van der Waals surface area (Å²) in [7, 11) is 0. The lowest BCUT2D eigenvalue weighted by Crippen LogP contribution is -1.79. The highest BCUT2D eigenvalue weighted by Gasteiger charge is 1.96. The van der Waals surface area contributed by atoms with Crippen LogP contribution in [0, 0.1) is 5.82 Å². The fourth-order valence-corrected chi connectivity index (χ4v) is 2.13. The third-order valence-corrected chi connectivity index (χ3v) is 3.15. The first kappa shape index (κ1) is 10.2. The zero-order valence-corrected chi connectivity index (χ0v) is 9.01. The topological polar surface area (TPSA) is 0 Å². The van der Waals surface area contributed by atoms with Gasteiger partial charge in [0, 0.05) is 10.6 Å². The lowest BCUT2D eigenvalue weighted by Gasteiger charge is -2.01. The van der Waals surface area contributed by atoms with Gasteiger partial charge in [-0.15, -0.1) is 11.8 Å². The number of hydrogen-bond acceptors (Lipinski definition) is 1. The molecule has 0 saturated carbocycles. The molecule has 0 heterocycles. The van der Waals surface area contributed by atoms with Gasteiger partial charge in [-0.25, -0.2) is 4.39 Å². The smallest absolute Gasteiger partial charge is 0.123 e. The molecule has 0 nitrogen and oxygen atoms in total. The largest absolute Gasteiger partial charge is 0.207 e. The molecule has 0 aromatic heterocycles. The van der Waals surface area contributed by atoms with Crippen molar-refractivity contribution in [1.82, 2.24) is 0 Å². The van der Waals surface area contributed by atoms with E-state index < -0.39 is 0 Å². The van der Waals surface area contributed by atoms with Crippen molar-refractivity contribution in [2.24, 2.45) is 0 Å². The van der Waals surface area contributed by atoms with E-state index in [0.717, 1.165) is 10.6 Å². The van der Waals surface area contributed by atoms with Gasteiger partial charge in [0.2, 0.25) is 0 Å². The molecule has 76 valence electrons. The Morgan fingerprint density at radius 1 is 0.867 bits per heavy atom. The third kappa shape index (κ3) is 3.10. The summed E-state index contributed by atoms with van der Waals surface area (Å²) in [5.41, 5.74) is 1.28. The SMILES string of the molecule is Fc1ccc(SCc2ccccc2)cc1. The van der Waals surface area contributed by atoms with Crippen LogP contribution in [0.2, 0.25) is 0 Å². The lowest BCUT2D eigenvalue weighted by molar-refractivity contribution is 0.626. The molecule has 0 aliphatic rings. The molecule has 2 aromatic rings. The molecule has 0 saturated heterocycles. The summed E-state index contributed by atoms with van der Waals surface area (Å²) in [6.07, 6.45) is 0. The van der Waals surface area contributed by atoms with Crippen molar-refractivity contribution in [3.8, 4) is 0 Å². The first-order valence-electron chi connectivity index (χ1n) is 4.77. The number of benzene rings is 2. The molecule has 0 N–H and O–H groups in total. The van der Waals surface area contributed by atoms with Crippen molar-refractivity contribution in [2.75, 3.05) is 0 Å². The van der Waals surface area contributed by atoms with E-state index in [0.29, 0.717) is 0 Å². The van der Waals surface area contributed by atoms with Gasteiger partial charge in [-0.3, -0.25) is 0 Å². The minimum atomic E-state index is -0.181. The zero-order chi connectivity index (χ0) is 10.5. The Kier molecular flexibility index (Phi) is 3.41. The molecule has 0 amide bonds. The van der Waals surface area contributed by atoms with Crippen molar-refractivity contribution in [2.45, 2.75) is 10.6 Å². The minimum absolute atomic E-state index is 0.181. The molecule has 0 aliphatic heterocycles. The van der Waals surface area contributed by atoms with E-state index in [1.54, 1.807) is 11.8 Å². The zero-order valence-electron chi connectivity index (χ0n) is 8.19. The Morgan fingerprint density at radius 2 is 1.53 bits per heavy atom. The van der Waals surface area contributed by atoms with Gasteiger partial charge in [-0.1, -0.05) is 30.3 Å². The van der Waals surface area contributed by atoms with Crippen LogP contribution < -0.4 is 0 Å². The summed E-state index contributed by atoms with van der Waals surface area (Å²) in [4.78, 5) is 1.10. The number of halogens is 1. The Hall–Kier alpha value is -1.28. The Bertz CT molecular complexity index is 408. The van der Waals surface area contributed by atoms with Crippen LogP contribution in [-0.4, -0.2) is 0 Å². The van der Waals surface area contributed by atoms with E-state index in [4.69, 9.17) is 0 Å². The van der Waals surface area contributed by atoms with Gasteiger partial charge in [-0.05, 0) is 29.8 Å². The van der Waals surface area contributed by atoms with Gasteiger partial charge in [0.25, 0.3) is 0 Å². The van der Waals surface area contributed by atoms with E-state index in [2.05, 4.69) is 12.1 Å². The molecule has 0 spiro atoms. The van der Waals surface area contributed by atoms with Crippen molar-refractivity contribution in [3.05, 3.63) is 66.0 Å². The van der Waals surface area contributed by atoms with Gasteiger partial charge in [-0.2, -0.15) is 0 Å². The predicted octanol–water partition coefficient (Wildman–Crippen LogP) is 4.12. The molecule has 0 bridgehead atoms. The van der Waals surface area contributed by atoms with E-state index in [1.807, 2.05) is 30.3 Å². The molecular weight excluding hydrogens is 207 g/mol. The maximum Gasteiger partial charge on any atom is 0.123 e. The molecule has 15 heavy (non-hydrogen) atoms. The molecule has 0 radical (unpaired) electrons. The Morgan fingerprint density at radius 3 is 2.20 bits per heavy atom. The summed E-state index contributed by atoms with van der Waals surface area (Å²) >= 11 is 1.72. The molecule has 2 aromatic carbocycles. The fourth-order valence-electron chi connectivity index (χ4n) is 1.27. The van der Waals surface area contributed by atoms with E-state index in [9.17, 15) is 4.39 Å². The average Bonchev–Trinajstić information content (AvgIpc) is 2.30. The highest BCUT2D eigenvalue weighted by Crippen LogP contribution is 2.22. The van der Waals surface area contributed by atoms with Gasteiger partial charge in [0.15, 0.2) is 0 Å². The maximum atomic E-state index is 12.6. The first-order valence-corrected chi connectivity index (χ1v) is 5.75. The fraction of sp³-hybridized carbons (Fsp3) is 0.0769. The van der Waals surface area contributed by atoms with Crippen molar-refractivity contribution in [3.63, 3.8) is 0 Å². The summed E-state index contributed by atoms with van der Waals surface area (Å²) in [5, 5.41) is 0. The van der Waals surface area contributed by atoms with Crippen LogP contribution in [0.25, 0.3) is 0 Å². The first-order chi connectivity index (χ1) is 7.34. The minimum Gasteiger partial charge on any atom is -0.207 e. The van der Waals surface area contributed by atoms with Gasteiger partial charge in [0.05, 0.1) is 0 Å². The van der Waals surface area contributed by atoms with E-state index in [-0.39, 0.29) is 5.82 Å². The van der Waals surface area contributed by atoms with Crippen molar-refractivity contribution in [1.29, 1.82) is 0 Å². The van der Waals surface area contributed by atoms with Crippen LogP contribution in [0.5, 0.6) is 0 Å². The summed E-state index contributed by atoms with van der Waals surface area (Å²) in [6.45, 7) is 0. The number of rotatable bonds is 3. The third-order valence-electron chi connectivity index (χ3n) is 2.06. The normalized spacial score (nSPS) is 10.2. The molecular formula is C13H11FS. The second kappa shape index (κ2) is 4.99. The van der Waals surface area contributed by atoms with Gasteiger partial charge >= 0.3 is 0 Å². The Labute approximate surface area is 93.1 Å². The van der Waals surface area contributed by atoms with E-state index >= 15 is 0 Å². The average molecular weight is 218 g/mol. The van der Waals surface area contributed by atoms with Crippen molar-refractivity contribution >= 4 is 11.8 Å². The molecule has 2 rings (SSSR count). The molecule has 0 atom stereocenters. The second-order valence-electron chi connectivity index (χ2n) is 3.23. The van der Waals surface area contributed by atoms with Crippen LogP contribution in [0.15, 0.2) is 59.5 Å². The Balaban J connectivity index is 1.96. The second-order valence-corrected chi connectivity index (χ2v) is 4.28.